The summed E-state index contributed by atoms with van der Waals surface area (Å²) in [5.41, 5.74) is 1.18. The van der Waals surface area contributed by atoms with E-state index in [1.165, 1.54) is 5.56 Å². The van der Waals surface area contributed by atoms with Crippen LogP contribution < -0.4 is 0 Å². The molecule has 0 aliphatic carbocycles. The normalized spacial score (nSPS) is 13.4. The fourth-order valence-corrected chi connectivity index (χ4v) is 1.04. The van der Waals surface area contributed by atoms with Gasteiger partial charge in [0.1, 0.15) is 5.15 Å². The molecule has 1 aromatic rings. The summed E-state index contributed by atoms with van der Waals surface area (Å²) >= 11 is 5.67. The number of halogens is 1. The molecule has 3 heteroatoms. The van der Waals surface area contributed by atoms with Crippen LogP contribution in [-0.4, -0.2) is 24.0 Å². The van der Waals surface area contributed by atoms with E-state index in [0.717, 1.165) is 0 Å². The third-order valence-electron chi connectivity index (χ3n) is 2.01. The van der Waals surface area contributed by atoms with E-state index in [1.807, 2.05) is 32.4 Å². The van der Waals surface area contributed by atoms with Crippen molar-refractivity contribution in [3.63, 3.8) is 0 Å². The lowest BCUT2D eigenvalue weighted by molar-refractivity contribution is 0.320. The first-order chi connectivity index (χ1) is 5.61. The van der Waals surface area contributed by atoms with Crippen molar-refractivity contribution >= 4 is 11.6 Å². The van der Waals surface area contributed by atoms with Gasteiger partial charge in [-0.3, -0.25) is 0 Å². The van der Waals surface area contributed by atoms with Crippen LogP contribution in [0.25, 0.3) is 0 Å². The number of hydrogen-bond acceptors (Lipinski definition) is 2. The predicted octanol–water partition coefficient (Wildman–Crippen LogP) is 2.36. The van der Waals surface area contributed by atoms with Crippen molar-refractivity contribution in [3.05, 3.63) is 29.0 Å². The van der Waals surface area contributed by atoms with Gasteiger partial charge in [-0.2, -0.15) is 0 Å². The molecule has 0 aliphatic heterocycles. The fourth-order valence-electron chi connectivity index (χ4n) is 0.933. The third kappa shape index (κ3) is 2.19. The van der Waals surface area contributed by atoms with Crippen LogP contribution in [0.15, 0.2) is 18.3 Å². The molecule has 0 saturated carbocycles. The standard InChI is InChI=1S/C9H13ClN2/c1-7(12(2)3)8-4-5-9(10)11-6-8/h4-7H,1-3H3/t7-/m0/s1. The molecule has 0 spiro atoms. The van der Waals surface area contributed by atoms with Gasteiger partial charge in [-0.1, -0.05) is 17.7 Å². The van der Waals surface area contributed by atoms with E-state index < -0.39 is 0 Å². The van der Waals surface area contributed by atoms with Crippen molar-refractivity contribution in [2.75, 3.05) is 14.1 Å². The van der Waals surface area contributed by atoms with E-state index in [0.29, 0.717) is 11.2 Å². The lowest BCUT2D eigenvalue weighted by Gasteiger charge is -2.19. The van der Waals surface area contributed by atoms with Crippen LogP contribution in [0.5, 0.6) is 0 Å². The molecule has 0 radical (unpaired) electrons. The number of hydrogen-bond donors (Lipinski definition) is 0. The van der Waals surface area contributed by atoms with Gasteiger partial charge in [0, 0.05) is 12.2 Å². The van der Waals surface area contributed by atoms with Crippen molar-refractivity contribution in [1.29, 1.82) is 0 Å². The average molecular weight is 185 g/mol. The Kier molecular flexibility index (Phi) is 3.06. The molecule has 0 fully saturated rings. The predicted molar refractivity (Wildman–Crippen MR) is 51.3 cm³/mol. The summed E-state index contributed by atoms with van der Waals surface area (Å²) in [6.07, 6.45) is 1.81. The Labute approximate surface area is 78.2 Å². The Bertz CT molecular complexity index is 243. The van der Waals surface area contributed by atoms with Crippen LogP contribution in [0, 0.1) is 0 Å². The largest absolute Gasteiger partial charge is 0.303 e. The lowest BCUT2D eigenvalue weighted by Crippen LogP contribution is -2.16. The number of pyridine rings is 1. The first-order valence-electron chi connectivity index (χ1n) is 3.89. The molecule has 2 nitrogen and oxygen atoms in total. The van der Waals surface area contributed by atoms with Gasteiger partial charge in [0.25, 0.3) is 0 Å². The molecule has 0 N–H and O–H groups in total. The summed E-state index contributed by atoms with van der Waals surface area (Å²) in [4.78, 5) is 6.15. The molecule has 0 saturated heterocycles. The fraction of sp³-hybridized carbons (Fsp3) is 0.444. The highest BCUT2D eigenvalue weighted by Gasteiger charge is 2.06. The molecule has 1 atom stereocenters. The maximum absolute atomic E-state index is 5.67. The molecule has 66 valence electrons. The van der Waals surface area contributed by atoms with Gasteiger partial charge in [-0.05, 0) is 32.6 Å². The minimum absolute atomic E-state index is 0.384. The first kappa shape index (κ1) is 9.49. The van der Waals surface area contributed by atoms with Crippen molar-refractivity contribution in [3.8, 4) is 0 Å². The zero-order valence-electron chi connectivity index (χ0n) is 7.58. The number of aromatic nitrogens is 1. The SMILES string of the molecule is C[C@@H](c1ccc(Cl)nc1)N(C)C. The van der Waals surface area contributed by atoms with Gasteiger partial charge in [-0.15, -0.1) is 0 Å². The molecule has 0 aromatic carbocycles. The third-order valence-corrected chi connectivity index (χ3v) is 2.23. The van der Waals surface area contributed by atoms with E-state index in [4.69, 9.17) is 11.6 Å². The van der Waals surface area contributed by atoms with E-state index in [1.54, 1.807) is 0 Å². The van der Waals surface area contributed by atoms with Crippen molar-refractivity contribution < 1.29 is 0 Å². The van der Waals surface area contributed by atoms with Crippen LogP contribution in [0.4, 0.5) is 0 Å². The van der Waals surface area contributed by atoms with Crippen LogP contribution in [0.3, 0.4) is 0 Å². The molecular formula is C9H13ClN2. The van der Waals surface area contributed by atoms with E-state index in [9.17, 15) is 0 Å². The molecule has 0 aliphatic rings. The summed E-state index contributed by atoms with van der Waals surface area (Å²) in [6, 6.07) is 4.20. The average Bonchev–Trinajstić information content (AvgIpc) is 2.04. The van der Waals surface area contributed by atoms with Gasteiger partial charge in [0.15, 0.2) is 0 Å². The first-order valence-corrected chi connectivity index (χ1v) is 4.27. The maximum Gasteiger partial charge on any atom is 0.129 e. The molecular weight excluding hydrogens is 172 g/mol. The monoisotopic (exact) mass is 184 g/mol. The second kappa shape index (κ2) is 3.87. The molecule has 1 heterocycles. The van der Waals surface area contributed by atoms with Crippen LogP contribution in [0.1, 0.15) is 18.5 Å². The summed E-state index contributed by atoms with van der Waals surface area (Å²) < 4.78 is 0. The minimum atomic E-state index is 0.384. The highest BCUT2D eigenvalue weighted by Crippen LogP contribution is 2.17. The molecule has 0 bridgehead atoms. The zero-order valence-corrected chi connectivity index (χ0v) is 8.34. The highest BCUT2D eigenvalue weighted by molar-refractivity contribution is 6.29. The van der Waals surface area contributed by atoms with Gasteiger partial charge in [0.05, 0.1) is 0 Å². The van der Waals surface area contributed by atoms with E-state index in [2.05, 4.69) is 16.8 Å². The molecule has 12 heavy (non-hydrogen) atoms. The quantitative estimate of drug-likeness (QED) is 0.656. The van der Waals surface area contributed by atoms with Crippen molar-refractivity contribution in [2.45, 2.75) is 13.0 Å². The molecule has 1 rings (SSSR count). The van der Waals surface area contributed by atoms with E-state index >= 15 is 0 Å². The Morgan fingerprint density at radius 2 is 2.08 bits per heavy atom. The van der Waals surface area contributed by atoms with Crippen LogP contribution in [0.2, 0.25) is 5.15 Å². The maximum atomic E-state index is 5.67. The summed E-state index contributed by atoms with van der Waals surface area (Å²) in [7, 11) is 4.08. The van der Waals surface area contributed by atoms with Gasteiger partial charge in [-0.25, -0.2) is 4.98 Å². The van der Waals surface area contributed by atoms with Crippen molar-refractivity contribution in [1.82, 2.24) is 9.88 Å². The zero-order chi connectivity index (χ0) is 9.14. The molecule has 0 amide bonds. The number of nitrogens with zero attached hydrogens (tertiary/aromatic N) is 2. The summed E-state index contributed by atoms with van der Waals surface area (Å²) in [6.45, 7) is 2.13. The van der Waals surface area contributed by atoms with Gasteiger partial charge in [0.2, 0.25) is 0 Å². The molecule has 0 unspecified atom stereocenters. The summed E-state index contributed by atoms with van der Waals surface area (Å²) in [5, 5.41) is 0.546. The Morgan fingerprint density at radius 1 is 1.42 bits per heavy atom. The minimum Gasteiger partial charge on any atom is -0.303 e. The van der Waals surface area contributed by atoms with Gasteiger partial charge < -0.3 is 4.90 Å². The topological polar surface area (TPSA) is 16.1 Å². The Balaban J connectivity index is 2.82. The second-order valence-electron chi connectivity index (χ2n) is 3.05. The summed E-state index contributed by atoms with van der Waals surface area (Å²) in [5.74, 6) is 0. The van der Waals surface area contributed by atoms with Crippen LogP contribution in [-0.2, 0) is 0 Å². The van der Waals surface area contributed by atoms with Crippen molar-refractivity contribution in [2.24, 2.45) is 0 Å². The van der Waals surface area contributed by atoms with E-state index in [-0.39, 0.29) is 0 Å². The molecule has 1 aromatic heterocycles. The van der Waals surface area contributed by atoms with Gasteiger partial charge >= 0.3 is 0 Å². The Hall–Kier alpha value is -0.600. The van der Waals surface area contributed by atoms with Crippen LogP contribution >= 0.6 is 11.6 Å². The second-order valence-corrected chi connectivity index (χ2v) is 3.44. The lowest BCUT2D eigenvalue weighted by atomic mass is 10.1. The Morgan fingerprint density at radius 3 is 2.50 bits per heavy atom. The number of rotatable bonds is 2. The highest BCUT2D eigenvalue weighted by atomic mass is 35.5. The smallest absolute Gasteiger partial charge is 0.129 e.